The number of likely N-dealkylation sites (N-methyl/N-ethyl adjacent to an activating group) is 1. The minimum atomic E-state index is -1.05. The van der Waals surface area contributed by atoms with Crippen LogP contribution < -0.4 is 16.0 Å². The topological polar surface area (TPSA) is 108 Å². The van der Waals surface area contributed by atoms with Crippen molar-refractivity contribution in [3.63, 3.8) is 0 Å². The maximum atomic E-state index is 11.6. The van der Waals surface area contributed by atoms with Crippen LogP contribution in [0.2, 0.25) is 0 Å². The minimum Gasteiger partial charge on any atom is -0.478 e. The van der Waals surface area contributed by atoms with E-state index < -0.39 is 12.0 Å². The molecule has 114 valence electrons. The van der Waals surface area contributed by atoms with Gasteiger partial charge in [-0.05, 0) is 44.0 Å². The molecule has 0 saturated carbocycles. The number of hydrogen-bond donors (Lipinski definition) is 4. The minimum absolute atomic E-state index is 0.133. The van der Waals surface area contributed by atoms with Crippen LogP contribution in [0.25, 0.3) is 0 Å². The smallest absolute Gasteiger partial charge is 0.336 e. The zero-order chi connectivity index (χ0) is 16.0. The van der Waals surface area contributed by atoms with E-state index in [-0.39, 0.29) is 18.0 Å². The van der Waals surface area contributed by atoms with Gasteiger partial charge in [-0.2, -0.15) is 0 Å². The molecule has 0 aliphatic carbocycles. The van der Waals surface area contributed by atoms with Crippen molar-refractivity contribution >= 4 is 23.6 Å². The molecule has 3 amide bonds. The van der Waals surface area contributed by atoms with Gasteiger partial charge in [-0.25, -0.2) is 9.59 Å². The molecule has 21 heavy (non-hydrogen) atoms. The van der Waals surface area contributed by atoms with Gasteiger partial charge in [0.1, 0.15) is 0 Å². The van der Waals surface area contributed by atoms with E-state index in [1.165, 1.54) is 6.07 Å². The first-order chi connectivity index (χ1) is 9.85. The van der Waals surface area contributed by atoms with Crippen LogP contribution in [-0.2, 0) is 4.79 Å². The summed E-state index contributed by atoms with van der Waals surface area (Å²) in [6, 6.07) is 2.49. The number of hydrogen-bond acceptors (Lipinski definition) is 3. The number of aryl methyl sites for hydroxylation is 1. The Labute approximate surface area is 122 Å². The fourth-order valence-electron chi connectivity index (χ4n) is 1.75. The Bertz CT molecular complexity index is 570. The third-order valence-electron chi connectivity index (χ3n) is 2.94. The molecule has 0 unspecified atom stereocenters. The fourth-order valence-corrected chi connectivity index (χ4v) is 1.75. The lowest BCUT2D eigenvalue weighted by atomic mass is 10.0. The third-order valence-corrected chi connectivity index (χ3v) is 2.94. The summed E-state index contributed by atoms with van der Waals surface area (Å²) in [4.78, 5) is 34.0. The lowest BCUT2D eigenvalue weighted by molar-refractivity contribution is -0.119. The van der Waals surface area contributed by atoms with Crippen molar-refractivity contribution in [2.45, 2.75) is 20.8 Å². The number of carboxylic acid groups (broad SMARTS) is 1. The number of benzene rings is 1. The molecular weight excluding hydrogens is 274 g/mol. The van der Waals surface area contributed by atoms with E-state index >= 15 is 0 Å². The van der Waals surface area contributed by atoms with Gasteiger partial charge in [0.2, 0.25) is 5.91 Å². The van der Waals surface area contributed by atoms with E-state index in [0.29, 0.717) is 17.8 Å². The summed E-state index contributed by atoms with van der Waals surface area (Å²) in [5.41, 5.74) is 1.91. The van der Waals surface area contributed by atoms with Gasteiger partial charge >= 0.3 is 12.0 Å². The van der Waals surface area contributed by atoms with Crippen molar-refractivity contribution in [2.75, 3.05) is 18.4 Å². The first-order valence-electron chi connectivity index (χ1n) is 6.51. The number of amides is 3. The van der Waals surface area contributed by atoms with Gasteiger partial charge < -0.3 is 21.1 Å². The number of anilines is 1. The molecule has 0 aliphatic rings. The molecule has 0 bridgehead atoms. The summed E-state index contributed by atoms with van der Waals surface area (Å²) in [7, 11) is 0. The van der Waals surface area contributed by atoms with Gasteiger partial charge in [-0.15, -0.1) is 0 Å². The molecule has 4 N–H and O–H groups in total. The summed E-state index contributed by atoms with van der Waals surface area (Å²) in [5, 5.41) is 16.5. The van der Waals surface area contributed by atoms with Crippen LogP contribution >= 0.6 is 0 Å². The molecule has 0 saturated heterocycles. The van der Waals surface area contributed by atoms with Crippen molar-refractivity contribution in [3.05, 3.63) is 28.8 Å². The van der Waals surface area contributed by atoms with Crippen LogP contribution in [0.3, 0.4) is 0 Å². The molecular formula is C14H19N3O4. The van der Waals surface area contributed by atoms with Gasteiger partial charge in [-0.1, -0.05) is 0 Å². The highest BCUT2D eigenvalue weighted by Gasteiger charge is 2.12. The van der Waals surface area contributed by atoms with E-state index in [0.717, 1.165) is 5.56 Å². The van der Waals surface area contributed by atoms with E-state index in [4.69, 9.17) is 5.11 Å². The van der Waals surface area contributed by atoms with Crippen LogP contribution in [0.4, 0.5) is 10.5 Å². The third kappa shape index (κ3) is 4.79. The van der Waals surface area contributed by atoms with E-state index in [2.05, 4.69) is 16.0 Å². The molecule has 0 atom stereocenters. The van der Waals surface area contributed by atoms with Gasteiger partial charge in [0.05, 0.1) is 12.1 Å². The van der Waals surface area contributed by atoms with Crippen LogP contribution in [0.1, 0.15) is 28.4 Å². The largest absolute Gasteiger partial charge is 0.478 e. The SMILES string of the molecule is CCNC(=O)CNC(=O)Nc1cc(C)c(C)c(C(=O)O)c1. The number of aromatic carboxylic acids is 1. The second kappa shape index (κ2) is 7.28. The van der Waals surface area contributed by atoms with Crippen molar-refractivity contribution in [2.24, 2.45) is 0 Å². The summed E-state index contributed by atoms with van der Waals surface area (Å²) < 4.78 is 0. The highest BCUT2D eigenvalue weighted by molar-refractivity contribution is 5.95. The molecule has 0 aromatic heterocycles. The standard InChI is InChI=1S/C14H19N3O4/c1-4-15-12(18)7-16-14(21)17-10-5-8(2)9(3)11(6-10)13(19)20/h5-6H,4,7H2,1-3H3,(H,15,18)(H,19,20)(H2,16,17,21). The zero-order valence-corrected chi connectivity index (χ0v) is 12.2. The lowest BCUT2D eigenvalue weighted by Crippen LogP contribution is -2.38. The Morgan fingerprint density at radius 2 is 1.81 bits per heavy atom. The van der Waals surface area contributed by atoms with Gasteiger partial charge in [0.15, 0.2) is 0 Å². The fraction of sp³-hybridized carbons (Fsp3) is 0.357. The van der Waals surface area contributed by atoms with E-state index in [1.54, 1.807) is 26.8 Å². The molecule has 1 aromatic rings. The number of rotatable bonds is 5. The predicted molar refractivity (Wildman–Crippen MR) is 78.6 cm³/mol. The maximum absolute atomic E-state index is 11.6. The quantitative estimate of drug-likeness (QED) is 0.655. The highest BCUT2D eigenvalue weighted by atomic mass is 16.4. The average molecular weight is 293 g/mol. The summed E-state index contributed by atoms with van der Waals surface area (Å²) in [6.45, 7) is 5.59. The van der Waals surface area contributed by atoms with Gasteiger partial charge in [0, 0.05) is 12.2 Å². The van der Waals surface area contributed by atoms with E-state index in [9.17, 15) is 14.4 Å². The molecule has 0 aliphatic heterocycles. The monoisotopic (exact) mass is 293 g/mol. The number of nitrogens with one attached hydrogen (secondary N) is 3. The molecule has 0 fully saturated rings. The zero-order valence-electron chi connectivity index (χ0n) is 12.2. The first-order valence-corrected chi connectivity index (χ1v) is 6.51. The van der Waals surface area contributed by atoms with Crippen LogP contribution in [0.5, 0.6) is 0 Å². The molecule has 0 radical (unpaired) electrons. The molecule has 7 nitrogen and oxygen atoms in total. The Kier molecular flexibility index (Phi) is 5.71. The van der Waals surface area contributed by atoms with Crippen LogP contribution in [-0.4, -0.2) is 36.1 Å². The molecule has 1 rings (SSSR count). The molecule has 1 aromatic carbocycles. The number of carbonyl (C=O) groups excluding carboxylic acids is 2. The van der Waals surface area contributed by atoms with Gasteiger partial charge in [0.25, 0.3) is 0 Å². The van der Waals surface area contributed by atoms with Crippen molar-refractivity contribution in [1.29, 1.82) is 0 Å². The highest BCUT2D eigenvalue weighted by Crippen LogP contribution is 2.19. The van der Waals surface area contributed by atoms with Crippen LogP contribution in [0, 0.1) is 13.8 Å². The Morgan fingerprint density at radius 1 is 1.14 bits per heavy atom. The predicted octanol–water partition coefficient (Wildman–Crippen LogP) is 1.26. The maximum Gasteiger partial charge on any atom is 0.336 e. The van der Waals surface area contributed by atoms with Crippen molar-refractivity contribution in [3.8, 4) is 0 Å². The van der Waals surface area contributed by atoms with Crippen LogP contribution in [0.15, 0.2) is 12.1 Å². The summed E-state index contributed by atoms with van der Waals surface area (Å²) in [6.07, 6.45) is 0. The number of carbonyl (C=O) groups is 3. The Balaban J connectivity index is 2.73. The average Bonchev–Trinajstić information content (AvgIpc) is 2.40. The number of carboxylic acids is 1. The Hall–Kier alpha value is -2.57. The first kappa shape index (κ1) is 16.5. The van der Waals surface area contributed by atoms with Crippen molar-refractivity contribution in [1.82, 2.24) is 10.6 Å². The number of urea groups is 1. The van der Waals surface area contributed by atoms with Gasteiger partial charge in [-0.3, -0.25) is 4.79 Å². The lowest BCUT2D eigenvalue weighted by Gasteiger charge is -2.11. The molecule has 7 heteroatoms. The summed E-state index contributed by atoms with van der Waals surface area (Å²) in [5.74, 6) is -1.35. The molecule has 0 spiro atoms. The van der Waals surface area contributed by atoms with E-state index in [1.807, 2.05) is 0 Å². The van der Waals surface area contributed by atoms with Crippen molar-refractivity contribution < 1.29 is 19.5 Å². The molecule has 0 heterocycles. The normalized spacial score (nSPS) is 9.86. The Morgan fingerprint density at radius 3 is 2.38 bits per heavy atom. The second-order valence-corrected chi connectivity index (χ2v) is 4.53. The second-order valence-electron chi connectivity index (χ2n) is 4.53. The summed E-state index contributed by atoms with van der Waals surface area (Å²) >= 11 is 0.